The van der Waals surface area contributed by atoms with E-state index >= 15 is 0 Å². The maximum Gasteiger partial charge on any atom is 0.119 e. The molecular formula is C14H23NO. The third-order valence-corrected chi connectivity index (χ3v) is 2.77. The van der Waals surface area contributed by atoms with Crippen LogP contribution in [0.25, 0.3) is 0 Å². The molecule has 0 heterocycles. The predicted molar refractivity (Wildman–Crippen MR) is 68.9 cm³/mol. The van der Waals surface area contributed by atoms with Crippen LogP contribution in [0.5, 0.6) is 5.75 Å². The van der Waals surface area contributed by atoms with Crippen molar-refractivity contribution in [2.75, 3.05) is 13.7 Å². The summed E-state index contributed by atoms with van der Waals surface area (Å²) in [6.07, 6.45) is 1.22. The van der Waals surface area contributed by atoms with Crippen molar-refractivity contribution >= 4 is 0 Å². The van der Waals surface area contributed by atoms with Crippen LogP contribution in [-0.4, -0.2) is 13.7 Å². The number of rotatable bonds is 6. The van der Waals surface area contributed by atoms with Gasteiger partial charge in [-0.3, -0.25) is 0 Å². The van der Waals surface area contributed by atoms with Gasteiger partial charge in [0.1, 0.15) is 5.75 Å². The van der Waals surface area contributed by atoms with E-state index in [9.17, 15) is 0 Å². The molecule has 0 aromatic heterocycles. The van der Waals surface area contributed by atoms with Crippen molar-refractivity contribution in [2.24, 2.45) is 5.92 Å². The fraction of sp³-hybridized carbons (Fsp3) is 0.571. The van der Waals surface area contributed by atoms with E-state index in [1.807, 2.05) is 12.1 Å². The lowest BCUT2D eigenvalue weighted by Crippen LogP contribution is -2.20. The van der Waals surface area contributed by atoms with Crippen LogP contribution >= 0.6 is 0 Å². The first-order chi connectivity index (χ1) is 7.63. The van der Waals surface area contributed by atoms with Crippen LogP contribution in [0.1, 0.15) is 38.8 Å². The van der Waals surface area contributed by atoms with E-state index in [4.69, 9.17) is 4.74 Å². The summed E-state index contributed by atoms with van der Waals surface area (Å²) >= 11 is 0. The fourth-order valence-electron chi connectivity index (χ4n) is 1.62. The second kappa shape index (κ2) is 6.54. The summed E-state index contributed by atoms with van der Waals surface area (Å²) in [5.74, 6) is 1.68. The van der Waals surface area contributed by atoms with Crippen LogP contribution in [0, 0.1) is 5.92 Å². The minimum atomic E-state index is 0.383. The molecule has 0 radical (unpaired) electrons. The van der Waals surface area contributed by atoms with E-state index in [1.165, 1.54) is 12.0 Å². The van der Waals surface area contributed by atoms with Gasteiger partial charge in [0.25, 0.3) is 0 Å². The Morgan fingerprint density at radius 2 is 2.00 bits per heavy atom. The standard InChI is InChI=1S/C14H23NO/c1-11(2)8-9-15-12(3)13-6-5-7-14(10-13)16-4/h5-7,10-12,15H,8-9H2,1-4H3/t12-/m1/s1. The first-order valence-electron chi connectivity index (χ1n) is 6.00. The summed E-state index contributed by atoms with van der Waals surface area (Å²) in [5.41, 5.74) is 1.28. The van der Waals surface area contributed by atoms with Gasteiger partial charge in [-0.2, -0.15) is 0 Å². The molecule has 0 bridgehead atoms. The molecule has 16 heavy (non-hydrogen) atoms. The van der Waals surface area contributed by atoms with Crippen LogP contribution in [0.2, 0.25) is 0 Å². The highest BCUT2D eigenvalue weighted by molar-refractivity contribution is 5.30. The summed E-state index contributed by atoms with van der Waals surface area (Å²) < 4.78 is 5.22. The monoisotopic (exact) mass is 221 g/mol. The van der Waals surface area contributed by atoms with Crippen LogP contribution in [0.4, 0.5) is 0 Å². The predicted octanol–water partition coefficient (Wildman–Crippen LogP) is 3.39. The third kappa shape index (κ3) is 4.23. The quantitative estimate of drug-likeness (QED) is 0.795. The topological polar surface area (TPSA) is 21.3 Å². The summed E-state index contributed by atoms with van der Waals surface area (Å²) in [6.45, 7) is 7.75. The van der Waals surface area contributed by atoms with Gasteiger partial charge < -0.3 is 10.1 Å². The molecule has 2 nitrogen and oxygen atoms in total. The number of hydrogen-bond donors (Lipinski definition) is 1. The highest BCUT2D eigenvalue weighted by Crippen LogP contribution is 2.18. The average Bonchev–Trinajstić information content (AvgIpc) is 2.28. The molecule has 0 saturated carbocycles. The first kappa shape index (κ1) is 13.0. The number of hydrogen-bond acceptors (Lipinski definition) is 2. The summed E-state index contributed by atoms with van der Waals surface area (Å²) in [6, 6.07) is 8.62. The smallest absolute Gasteiger partial charge is 0.119 e. The van der Waals surface area contributed by atoms with Crippen LogP contribution in [-0.2, 0) is 0 Å². The minimum absolute atomic E-state index is 0.383. The Balaban J connectivity index is 2.48. The highest BCUT2D eigenvalue weighted by Gasteiger charge is 2.05. The summed E-state index contributed by atoms with van der Waals surface area (Å²) in [4.78, 5) is 0. The van der Waals surface area contributed by atoms with Crippen molar-refractivity contribution in [1.82, 2.24) is 5.32 Å². The zero-order valence-electron chi connectivity index (χ0n) is 10.8. The fourth-order valence-corrected chi connectivity index (χ4v) is 1.62. The number of ether oxygens (including phenoxy) is 1. The molecule has 0 aliphatic heterocycles. The first-order valence-corrected chi connectivity index (χ1v) is 6.00. The van der Waals surface area contributed by atoms with Gasteiger partial charge in [-0.05, 0) is 43.5 Å². The van der Waals surface area contributed by atoms with Gasteiger partial charge in [0.15, 0.2) is 0 Å². The second-order valence-electron chi connectivity index (χ2n) is 4.63. The average molecular weight is 221 g/mol. The van der Waals surface area contributed by atoms with Crippen molar-refractivity contribution in [3.8, 4) is 5.75 Å². The lowest BCUT2D eigenvalue weighted by molar-refractivity contribution is 0.413. The maximum absolute atomic E-state index is 5.22. The molecule has 0 saturated heterocycles. The summed E-state index contributed by atoms with van der Waals surface area (Å²) in [5, 5.41) is 3.53. The third-order valence-electron chi connectivity index (χ3n) is 2.77. The largest absolute Gasteiger partial charge is 0.497 e. The number of nitrogens with one attached hydrogen (secondary N) is 1. The molecule has 0 aliphatic carbocycles. The Morgan fingerprint density at radius 1 is 1.25 bits per heavy atom. The zero-order valence-corrected chi connectivity index (χ0v) is 10.8. The molecule has 1 atom stereocenters. The molecule has 1 aromatic rings. The number of methoxy groups -OCH3 is 1. The van der Waals surface area contributed by atoms with Gasteiger partial charge in [-0.25, -0.2) is 0 Å². The van der Waals surface area contributed by atoms with Crippen LogP contribution in [0.15, 0.2) is 24.3 Å². The van der Waals surface area contributed by atoms with Gasteiger partial charge in [-0.15, -0.1) is 0 Å². The Morgan fingerprint density at radius 3 is 2.62 bits per heavy atom. The molecule has 1 aromatic carbocycles. The van der Waals surface area contributed by atoms with Gasteiger partial charge >= 0.3 is 0 Å². The van der Waals surface area contributed by atoms with Gasteiger partial charge in [0.2, 0.25) is 0 Å². The number of benzene rings is 1. The molecule has 1 rings (SSSR count). The maximum atomic E-state index is 5.22. The van der Waals surface area contributed by atoms with Crippen LogP contribution in [0.3, 0.4) is 0 Å². The van der Waals surface area contributed by atoms with Gasteiger partial charge in [0, 0.05) is 6.04 Å². The highest BCUT2D eigenvalue weighted by atomic mass is 16.5. The van der Waals surface area contributed by atoms with E-state index in [0.717, 1.165) is 18.2 Å². The van der Waals surface area contributed by atoms with E-state index in [1.54, 1.807) is 7.11 Å². The molecule has 0 spiro atoms. The minimum Gasteiger partial charge on any atom is -0.497 e. The van der Waals surface area contributed by atoms with Gasteiger partial charge in [0.05, 0.1) is 7.11 Å². The Hall–Kier alpha value is -1.02. The molecule has 1 N–H and O–H groups in total. The molecular weight excluding hydrogens is 198 g/mol. The van der Waals surface area contributed by atoms with Gasteiger partial charge in [-0.1, -0.05) is 26.0 Å². The Kier molecular flexibility index (Phi) is 5.33. The van der Waals surface area contributed by atoms with Crippen LogP contribution < -0.4 is 10.1 Å². The lowest BCUT2D eigenvalue weighted by Gasteiger charge is -2.15. The molecule has 0 unspecified atom stereocenters. The van der Waals surface area contributed by atoms with Crippen molar-refractivity contribution < 1.29 is 4.74 Å². The normalized spacial score (nSPS) is 12.8. The van der Waals surface area contributed by atoms with Crippen molar-refractivity contribution in [3.63, 3.8) is 0 Å². The molecule has 0 aliphatic rings. The van der Waals surface area contributed by atoms with E-state index in [2.05, 4.69) is 38.2 Å². The molecule has 90 valence electrons. The van der Waals surface area contributed by atoms with Crippen molar-refractivity contribution in [3.05, 3.63) is 29.8 Å². The molecule has 0 fully saturated rings. The van der Waals surface area contributed by atoms with Crippen molar-refractivity contribution in [1.29, 1.82) is 0 Å². The second-order valence-corrected chi connectivity index (χ2v) is 4.63. The summed E-state index contributed by atoms with van der Waals surface area (Å²) in [7, 11) is 1.70. The molecule has 0 amide bonds. The SMILES string of the molecule is COc1cccc([C@@H](C)NCCC(C)C)c1. The van der Waals surface area contributed by atoms with E-state index in [0.29, 0.717) is 6.04 Å². The van der Waals surface area contributed by atoms with E-state index in [-0.39, 0.29) is 0 Å². The Bertz CT molecular complexity index is 309. The molecule has 2 heteroatoms. The zero-order chi connectivity index (χ0) is 12.0. The van der Waals surface area contributed by atoms with Crippen molar-refractivity contribution in [2.45, 2.75) is 33.2 Å². The van der Waals surface area contributed by atoms with E-state index < -0.39 is 0 Å². The Labute approximate surface area is 99.0 Å². The lowest BCUT2D eigenvalue weighted by atomic mass is 10.1.